The van der Waals surface area contributed by atoms with Crippen LogP contribution < -0.4 is 5.32 Å². The first-order valence-electron chi connectivity index (χ1n) is 7.27. The van der Waals surface area contributed by atoms with E-state index in [0.717, 1.165) is 60.9 Å². The molecule has 0 aliphatic carbocycles. The average molecular weight is 343 g/mol. The molecule has 1 aliphatic heterocycles. The van der Waals surface area contributed by atoms with Crippen molar-refractivity contribution in [3.8, 4) is 0 Å². The highest BCUT2D eigenvalue weighted by Crippen LogP contribution is 2.27. The second-order valence-electron chi connectivity index (χ2n) is 4.95. The lowest BCUT2D eigenvalue weighted by Crippen LogP contribution is -2.39. The molecule has 1 atom stereocenters. The molecule has 0 bridgehead atoms. The Morgan fingerprint density at radius 1 is 1.40 bits per heavy atom. The molecule has 1 unspecified atom stereocenters. The minimum Gasteiger partial charge on any atom is -0.372 e. The van der Waals surface area contributed by atoms with Crippen molar-refractivity contribution in [1.82, 2.24) is 14.9 Å². The molecule has 0 spiro atoms. The van der Waals surface area contributed by atoms with Crippen molar-refractivity contribution in [2.75, 3.05) is 38.6 Å². The highest BCUT2D eigenvalue weighted by atomic mass is 79.9. The Morgan fingerprint density at radius 3 is 2.85 bits per heavy atom. The first-order valence-corrected chi connectivity index (χ1v) is 8.06. The van der Waals surface area contributed by atoms with Crippen LogP contribution in [0.25, 0.3) is 0 Å². The van der Waals surface area contributed by atoms with Gasteiger partial charge in [-0.1, -0.05) is 13.8 Å². The molecule has 1 N–H and O–H groups in total. The summed E-state index contributed by atoms with van der Waals surface area (Å²) in [6.07, 6.45) is 2.01. The Kier molecular flexibility index (Phi) is 5.74. The van der Waals surface area contributed by atoms with Gasteiger partial charge in [-0.25, -0.2) is 9.97 Å². The van der Waals surface area contributed by atoms with E-state index in [-0.39, 0.29) is 6.10 Å². The molecule has 0 radical (unpaired) electrons. The number of halogens is 1. The van der Waals surface area contributed by atoms with Gasteiger partial charge in [-0.3, -0.25) is 4.90 Å². The minimum atomic E-state index is -0.0270. The van der Waals surface area contributed by atoms with E-state index in [9.17, 15) is 0 Å². The largest absolute Gasteiger partial charge is 0.372 e. The van der Waals surface area contributed by atoms with Crippen molar-refractivity contribution >= 4 is 21.7 Å². The maximum absolute atomic E-state index is 5.87. The molecule has 1 aromatic rings. The summed E-state index contributed by atoms with van der Waals surface area (Å²) in [5.41, 5.74) is 1.02. The lowest BCUT2D eigenvalue weighted by molar-refractivity contribution is -0.0342. The zero-order chi connectivity index (χ0) is 14.5. The van der Waals surface area contributed by atoms with E-state index in [1.165, 1.54) is 0 Å². The van der Waals surface area contributed by atoms with Crippen LogP contribution in [0, 0.1) is 0 Å². The van der Waals surface area contributed by atoms with Crippen LogP contribution in [0.5, 0.6) is 0 Å². The van der Waals surface area contributed by atoms with Crippen LogP contribution in [0.3, 0.4) is 0 Å². The molecule has 0 saturated carbocycles. The summed E-state index contributed by atoms with van der Waals surface area (Å²) in [6, 6.07) is 0. The SMILES string of the molecule is CCCN1CCOC(c2nc(CC)c(Br)c(NC)n2)C1. The van der Waals surface area contributed by atoms with Crippen LogP contribution in [-0.4, -0.2) is 48.2 Å². The summed E-state index contributed by atoms with van der Waals surface area (Å²) in [4.78, 5) is 11.7. The monoisotopic (exact) mass is 342 g/mol. The predicted octanol–water partition coefficient (Wildman–Crippen LogP) is 2.63. The molecule has 0 amide bonds. The lowest BCUT2D eigenvalue weighted by Gasteiger charge is -2.32. The second kappa shape index (κ2) is 7.33. The molecule has 6 heteroatoms. The molecule has 1 fully saturated rings. The maximum Gasteiger partial charge on any atom is 0.161 e. The second-order valence-corrected chi connectivity index (χ2v) is 5.75. The van der Waals surface area contributed by atoms with Gasteiger partial charge in [0.05, 0.1) is 16.8 Å². The lowest BCUT2D eigenvalue weighted by atomic mass is 10.2. The first kappa shape index (κ1) is 15.7. The molecule has 1 saturated heterocycles. The zero-order valence-electron chi connectivity index (χ0n) is 12.4. The van der Waals surface area contributed by atoms with E-state index >= 15 is 0 Å². The number of rotatable bonds is 5. The highest BCUT2D eigenvalue weighted by molar-refractivity contribution is 9.10. The van der Waals surface area contributed by atoms with E-state index in [1.807, 2.05) is 7.05 Å². The molecule has 112 valence electrons. The van der Waals surface area contributed by atoms with Crippen molar-refractivity contribution in [3.63, 3.8) is 0 Å². The normalized spacial score (nSPS) is 20.1. The number of ether oxygens (including phenoxy) is 1. The van der Waals surface area contributed by atoms with Crippen LogP contribution in [-0.2, 0) is 11.2 Å². The number of nitrogens with zero attached hydrogens (tertiary/aromatic N) is 3. The maximum atomic E-state index is 5.87. The van der Waals surface area contributed by atoms with Gasteiger partial charge >= 0.3 is 0 Å². The number of nitrogens with one attached hydrogen (secondary N) is 1. The summed E-state index contributed by atoms with van der Waals surface area (Å²) >= 11 is 3.56. The molecular formula is C14H23BrN4O. The number of aromatic nitrogens is 2. The van der Waals surface area contributed by atoms with E-state index in [4.69, 9.17) is 4.74 Å². The molecule has 5 nitrogen and oxygen atoms in total. The number of aryl methyl sites for hydroxylation is 1. The van der Waals surface area contributed by atoms with Gasteiger partial charge in [0.2, 0.25) is 0 Å². The third kappa shape index (κ3) is 3.48. The van der Waals surface area contributed by atoms with Crippen molar-refractivity contribution in [2.45, 2.75) is 32.8 Å². The van der Waals surface area contributed by atoms with E-state index in [0.29, 0.717) is 0 Å². The van der Waals surface area contributed by atoms with Gasteiger partial charge in [-0.15, -0.1) is 0 Å². The van der Waals surface area contributed by atoms with Crippen molar-refractivity contribution in [3.05, 3.63) is 16.0 Å². The van der Waals surface area contributed by atoms with Gasteiger partial charge in [0.25, 0.3) is 0 Å². The summed E-state index contributed by atoms with van der Waals surface area (Å²) in [7, 11) is 1.88. The Labute approximate surface area is 129 Å². The number of anilines is 1. The van der Waals surface area contributed by atoms with Crippen LogP contribution in [0.2, 0.25) is 0 Å². The van der Waals surface area contributed by atoms with E-state index in [1.54, 1.807) is 0 Å². The fraction of sp³-hybridized carbons (Fsp3) is 0.714. The van der Waals surface area contributed by atoms with Crippen LogP contribution in [0.15, 0.2) is 4.47 Å². The molecule has 2 heterocycles. The first-order chi connectivity index (χ1) is 9.69. The van der Waals surface area contributed by atoms with E-state index < -0.39 is 0 Å². The summed E-state index contributed by atoms with van der Waals surface area (Å²) < 4.78 is 6.82. The van der Waals surface area contributed by atoms with Crippen molar-refractivity contribution in [2.24, 2.45) is 0 Å². The fourth-order valence-electron chi connectivity index (χ4n) is 2.43. The molecular weight excluding hydrogens is 320 g/mol. The summed E-state index contributed by atoms with van der Waals surface area (Å²) in [5, 5.41) is 3.12. The van der Waals surface area contributed by atoms with Crippen LogP contribution >= 0.6 is 15.9 Å². The zero-order valence-corrected chi connectivity index (χ0v) is 14.0. The Hall–Kier alpha value is -0.720. The van der Waals surface area contributed by atoms with Gasteiger partial charge in [0.15, 0.2) is 5.82 Å². The molecule has 1 aliphatic rings. The van der Waals surface area contributed by atoms with Gasteiger partial charge < -0.3 is 10.1 Å². The number of morpholine rings is 1. The quantitative estimate of drug-likeness (QED) is 0.891. The average Bonchev–Trinajstić information content (AvgIpc) is 2.48. The Bertz CT molecular complexity index is 428. The number of hydrogen-bond acceptors (Lipinski definition) is 5. The topological polar surface area (TPSA) is 50.3 Å². The molecule has 1 aromatic heterocycles. The fourth-order valence-corrected chi connectivity index (χ4v) is 3.09. The molecule has 20 heavy (non-hydrogen) atoms. The van der Waals surface area contributed by atoms with Gasteiger partial charge in [0, 0.05) is 20.1 Å². The Morgan fingerprint density at radius 2 is 2.20 bits per heavy atom. The minimum absolute atomic E-state index is 0.0270. The summed E-state index contributed by atoms with van der Waals surface area (Å²) in [5.74, 6) is 1.62. The van der Waals surface area contributed by atoms with Crippen molar-refractivity contribution in [1.29, 1.82) is 0 Å². The smallest absolute Gasteiger partial charge is 0.161 e. The van der Waals surface area contributed by atoms with Gasteiger partial charge in [-0.05, 0) is 35.3 Å². The highest BCUT2D eigenvalue weighted by Gasteiger charge is 2.25. The van der Waals surface area contributed by atoms with Crippen LogP contribution in [0.1, 0.15) is 37.9 Å². The molecule has 0 aromatic carbocycles. The van der Waals surface area contributed by atoms with Gasteiger partial charge in [0.1, 0.15) is 11.9 Å². The van der Waals surface area contributed by atoms with Crippen molar-refractivity contribution < 1.29 is 4.74 Å². The standard InChI is InChI=1S/C14H23BrN4O/c1-4-6-19-7-8-20-11(9-19)13-17-10(5-2)12(15)14(16-3)18-13/h11H,4-9H2,1-3H3,(H,16,17,18). The Balaban J connectivity index is 2.23. The third-order valence-corrected chi connectivity index (χ3v) is 4.32. The molecule has 2 rings (SSSR count). The predicted molar refractivity (Wildman–Crippen MR) is 84.1 cm³/mol. The number of hydrogen-bond donors (Lipinski definition) is 1. The summed E-state index contributed by atoms with van der Waals surface area (Å²) in [6.45, 7) is 8.04. The van der Waals surface area contributed by atoms with E-state index in [2.05, 4.69) is 50.0 Å². The third-order valence-electron chi connectivity index (χ3n) is 3.49. The van der Waals surface area contributed by atoms with Gasteiger partial charge in [-0.2, -0.15) is 0 Å². The van der Waals surface area contributed by atoms with Crippen LogP contribution in [0.4, 0.5) is 5.82 Å².